The van der Waals surface area contributed by atoms with Gasteiger partial charge in [0.1, 0.15) is 0 Å². The van der Waals surface area contributed by atoms with Crippen LogP contribution >= 0.6 is 0 Å². The molecule has 0 bridgehead atoms. The fraction of sp³-hybridized carbons (Fsp3) is 0.765. The van der Waals surface area contributed by atoms with Crippen LogP contribution in [0.3, 0.4) is 0 Å². The van der Waals surface area contributed by atoms with E-state index in [2.05, 4.69) is 31.7 Å². The molecular formula is C17H28O. The highest BCUT2D eigenvalue weighted by atomic mass is 16.5. The van der Waals surface area contributed by atoms with Crippen molar-refractivity contribution in [1.29, 1.82) is 0 Å². The Labute approximate surface area is 112 Å². The Bertz CT molecular complexity index is 275. The molecule has 0 aromatic heterocycles. The van der Waals surface area contributed by atoms with E-state index >= 15 is 0 Å². The second-order valence-corrected chi connectivity index (χ2v) is 6.06. The molecule has 0 N–H and O–H groups in total. The first-order valence-corrected chi connectivity index (χ1v) is 7.72. The van der Waals surface area contributed by atoms with Gasteiger partial charge in [0.15, 0.2) is 0 Å². The van der Waals surface area contributed by atoms with E-state index < -0.39 is 0 Å². The third-order valence-corrected chi connectivity index (χ3v) is 4.67. The zero-order valence-corrected chi connectivity index (χ0v) is 11.8. The Morgan fingerprint density at radius 3 is 2.72 bits per heavy atom. The summed E-state index contributed by atoms with van der Waals surface area (Å²) in [7, 11) is 0. The van der Waals surface area contributed by atoms with Gasteiger partial charge in [0.2, 0.25) is 0 Å². The van der Waals surface area contributed by atoms with Crippen molar-refractivity contribution in [1.82, 2.24) is 0 Å². The van der Waals surface area contributed by atoms with Crippen LogP contribution in [0.15, 0.2) is 24.8 Å². The first kappa shape index (κ1) is 13.9. The van der Waals surface area contributed by atoms with Crippen LogP contribution in [-0.2, 0) is 4.74 Å². The second kappa shape index (κ2) is 7.13. The van der Waals surface area contributed by atoms with Crippen molar-refractivity contribution in [2.75, 3.05) is 6.61 Å². The number of allylic oxidation sites excluding steroid dienone is 2. The van der Waals surface area contributed by atoms with E-state index in [0.717, 1.165) is 24.4 Å². The molecule has 0 unspecified atom stereocenters. The van der Waals surface area contributed by atoms with Crippen molar-refractivity contribution in [3.63, 3.8) is 0 Å². The van der Waals surface area contributed by atoms with Crippen LogP contribution in [0.5, 0.6) is 0 Å². The van der Waals surface area contributed by atoms with Gasteiger partial charge in [-0.05, 0) is 49.9 Å². The lowest BCUT2D eigenvalue weighted by Crippen LogP contribution is -2.25. The molecule has 0 radical (unpaired) electrons. The first-order valence-electron chi connectivity index (χ1n) is 7.72. The van der Waals surface area contributed by atoms with Crippen LogP contribution in [0.25, 0.3) is 0 Å². The van der Waals surface area contributed by atoms with Crippen LogP contribution in [-0.4, -0.2) is 12.7 Å². The minimum absolute atomic E-state index is 0.386. The van der Waals surface area contributed by atoms with E-state index in [1.54, 1.807) is 0 Å². The van der Waals surface area contributed by atoms with Crippen molar-refractivity contribution in [2.24, 2.45) is 17.8 Å². The van der Waals surface area contributed by atoms with Gasteiger partial charge in [0, 0.05) is 6.61 Å². The number of ether oxygens (including phenoxy) is 1. The summed E-state index contributed by atoms with van der Waals surface area (Å²) in [6.07, 6.45) is 16.4. The Hall–Kier alpha value is -0.560. The fourth-order valence-corrected chi connectivity index (χ4v) is 3.56. The predicted octanol–water partition coefficient (Wildman–Crippen LogP) is 4.74. The largest absolute Gasteiger partial charge is 0.374 e. The van der Waals surface area contributed by atoms with Crippen LogP contribution < -0.4 is 0 Å². The van der Waals surface area contributed by atoms with Gasteiger partial charge in [-0.3, -0.25) is 0 Å². The molecule has 1 nitrogen and oxygen atoms in total. The lowest BCUT2D eigenvalue weighted by molar-refractivity contribution is 0.0458. The molecule has 0 amide bonds. The van der Waals surface area contributed by atoms with Gasteiger partial charge in [0.05, 0.1) is 6.10 Å². The summed E-state index contributed by atoms with van der Waals surface area (Å²) in [4.78, 5) is 0. The average Bonchev–Trinajstić information content (AvgIpc) is 2.40. The molecule has 2 aliphatic rings. The van der Waals surface area contributed by atoms with Gasteiger partial charge in [-0.15, -0.1) is 6.58 Å². The normalized spacial score (nSPS) is 37.8. The number of hydrogen-bond donors (Lipinski definition) is 0. The summed E-state index contributed by atoms with van der Waals surface area (Å²) < 4.78 is 5.79. The fourth-order valence-electron chi connectivity index (χ4n) is 3.56. The smallest absolute Gasteiger partial charge is 0.0755 e. The standard InChI is InChI=1S/C17H28O/c1-3-7-15-9-6-8-14(2)17(15)12-11-16-10-4-5-13-18-16/h3,11-12,14-17H,1,4-10,13H2,2H3/b12-11+/t14-,15+,16+,17+/m0/s1. The Morgan fingerprint density at radius 1 is 1.11 bits per heavy atom. The van der Waals surface area contributed by atoms with E-state index in [4.69, 9.17) is 4.74 Å². The maximum atomic E-state index is 5.79. The first-order chi connectivity index (χ1) is 8.81. The molecule has 1 saturated heterocycles. The van der Waals surface area contributed by atoms with Gasteiger partial charge in [-0.2, -0.15) is 0 Å². The van der Waals surface area contributed by atoms with E-state index in [0.29, 0.717) is 6.10 Å². The lowest BCUT2D eigenvalue weighted by Gasteiger charge is -2.34. The van der Waals surface area contributed by atoms with Gasteiger partial charge < -0.3 is 4.74 Å². The SMILES string of the molecule is C=CC[C@@H]1CCC[C@H](C)[C@H]1/C=C/[C@H]1CCCCO1. The van der Waals surface area contributed by atoms with E-state index in [-0.39, 0.29) is 0 Å². The molecule has 1 saturated carbocycles. The predicted molar refractivity (Wildman–Crippen MR) is 77.5 cm³/mol. The van der Waals surface area contributed by atoms with E-state index in [1.807, 2.05) is 0 Å². The molecule has 0 aromatic carbocycles. The molecule has 0 aromatic rings. The van der Waals surface area contributed by atoms with Gasteiger partial charge in [0.25, 0.3) is 0 Å². The maximum absolute atomic E-state index is 5.79. The quantitative estimate of drug-likeness (QED) is 0.653. The Kier molecular flexibility index (Phi) is 5.49. The average molecular weight is 248 g/mol. The van der Waals surface area contributed by atoms with Crippen molar-refractivity contribution >= 4 is 0 Å². The molecule has 4 atom stereocenters. The Balaban J connectivity index is 1.93. The van der Waals surface area contributed by atoms with Crippen LogP contribution in [0, 0.1) is 17.8 Å². The molecule has 102 valence electrons. The van der Waals surface area contributed by atoms with Crippen LogP contribution in [0.2, 0.25) is 0 Å². The van der Waals surface area contributed by atoms with Crippen LogP contribution in [0.1, 0.15) is 51.9 Å². The molecule has 1 aliphatic carbocycles. The van der Waals surface area contributed by atoms with Crippen molar-refractivity contribution < 1.29 is 4.74 Å². The zero-order chi connectivity index (χ0) is 12.8. The van der Waals surface area contributed by atoms with Crippen molar-refractivity contribution in [3.8, 4) is 0 Å². The van der Waals surface area contributed by atoms with E-state index in [1.165, 1.54) is 44.9 Å². The van der Waals surface area contributed by atoms with Crippen molar-refractivity contribution in [3.05, 3.63) is 24.8 Å². The highest BCUT2D eigenvalue weighted by molar-refractivity contribution is 5.00. The molecule has 1 heteroatoms. The highest BCUT2D eigenvalue weighted by Crippen LogP contribution is 2.37. The zero-order valence-electron chi connectivity index (χ0n) is 11.8. The minimum atomic E-state index is 0.386. The van der Waals surface area contributed by atoms with Crippen molar-refractivity contribution in [2.45, 2.75) is 58.0 Å². The summed E-state index contributed by atoms with van der Waals surface area (Å²) in [6.45, 7) is 7.27. The molecule has 1 heterocycles. The third-order valence-electron chi connectivity index (χ3n) is 4.67. The molecule has 1 aliphatic heterocycles. The minimum Gasteiger partial charge on any atom is -0.374 e. The van der Waals surface area contributed by atoms with Crippen LogP contribution in [0.4, 0.5) is 0 Å². The molecule has 2 fully saturated rings. The molecular weight excluding hydrogens is 220 g/mol. The molecule has 2 rings (SSSR count). The lowest BCUT2D eigenvalue weighted by atomic mass is 9.71. The number of rotatable bonds is 4. The molecule has 18 heavy (non-hydrogen) atoms. The summed E-state index contributed by atoms with van der Waals surface area (Å²) in [5.74, 6) is 2.37. The van der Waals surface area contributed by atoms with E-state index in [9.17, 15) is 0 Å². The third kappa shape index (κ3) is 3.71. The number of hydrogen-bond acceptors (Lipinski definition) is 1. The molecule has 0 spiro atoms. The van der Waals surface area contributed by atoms with Gasteiger partial charge in [-0.25, -0.2) is 0 Å². The van der Waals surface area contributed by atoms with Gasteiger partial charge in [-0.1, -0.05) is 38.0 Å². The topological polar surface area (TPSA) is 9.23 Å². The second-order valence-electron chi connectivity index (χ2n) is 6.06. The summed E-state index contributed by atoms with van der Waals surface area (Å²) >= 11 is 0. The maximum Gasteiger partial charge on any atom is 0.0755 e. The summed E-state index contributed by atoms with van der Waals surface area (Å²) in [6, 6.07) is 0. The Morgan fingerprint density at radius 2 is 2.00 bits per heavy atom. The summed E-state index contributed by atoms with van der Waals surface area (Å²) in [5, 5.41) is 0. The highest BCUT2D eigenvalue weighted by Gasteiger charge is 2.28. The summed E-state index contributed by atoms with van der Waals surface area (Å²) in [5.41, 5.74) is 0. The monoisotopic (exact) mass is 248 g/mol. The van der Waals surface area contributed by atoms with Gasteiger partial charge >= 0.3 is 0 Å².